The number of aromatic nitrogens is 1. The Bertz CT molecular complexity index is 2890. The zero-order chi connectivity index (χ0) is 35.5. The van der Waals surface area contributed by atoms with Crippen LogP contribution in [0, 0.1) is 6.92 Å². The third kappa shape index (κ3) is 5.49. The first-order valence-electron chi connectivity index (χ1n) is 18.3. The molecule has 3 heterocycles. The smallest absolute Gasteiger partial charge is 0.0701 e. The summed E-state index contributed by atoms with van der Waals surface area (Å²) in [6.45, 7) is 4.34. The minimum absolute atomic E-state index is 0.986. The summed E-state index contributed by atoms with van der Waals surface area (Å²) in [4.78, 5) is 9.70. The van der Waals surface area contributed by atoms with Crippen LogP contribution in [0.1, 0.15) is 34.2 Å². The van der Waals surface area contributed by atoms with Crippen LogP contribution in [0.3, 0.4) is 0 Å². The number of pyridine rings is 1. The van der Waals surface area contributed by atoms with E-state index >= 15 is 0 Å². The fraction of sp³-hybridized carbons (Fsp3) is 0.0816. The fourth-order valence-electron chi connectivity index (χ4n) is 7.95. The summed E-state index contributed by atoms with van der Waals surface area (Å²) < 4.78 is 2.73. The van der Waals surface area contributed by atoms with Gasteiger partial charge in [-0.2, -0.15) is 0 Å². The van der Waals surface area contributed by atoms with E-state index in [1.54, 1.807) is 0 Å². The molecular formula is C49H36N2S2. The highest BCUT2D eigenvalue weighted by Gasteiger charge is 2.19. The molecule has 0 saturated heterocycles. The van der Waals surface area contributed by atoms with Crippen LogP contribution in [0.15, 0.2) is 146 Å². The van der Waals surface area contributed by atoms with Gasteiger partial charge in [-0.05, 0) is 131 Å². The number of anilines is 3. The summed E-state index contributed by atoms with van der Waals surface area (Å²) >= 11 is 3.83. The Hall–Kier alpha value is -5.81. The molecule has 3 aromatic heterocycles. The molecule has 0 aliphatic heterocycles. The molecule has 0 saturated carbocycles. The molecular weight excluding hydrogens is 681 g/mol. The zero-order valence-corrected chi connectivity index (χ0v) is 31.3. The Morgan fingerprint density at radius 2 is 1.25 bits per heavy atom. The van der Waals surface area contributed by atoms with Crippen molar-refractivity contribution in [3.8, 4) is 22.4 Å². The maximum absolute atomic E-state index is 4.53. The van der Waals surface area contributed by atoms with Crippen molar-refractivity contribution in [1.29, 1.82) is 0 Å². The summed E-state index contributed by atoms with van der Waals surface area (Å²) in [5.74, 6) is 0. The van der Waals surface area contributed by atoms with Crippen LogP contribution in [-0.4, -0.2) is 4.98 Å². The van der Waals surface area contributed by atoms with E-state index in [0.717, 1.165) is 41.2 Å². The van der Waals surface area contributed by atoms with Crippen molar-refractivity contribution < 1.29 is 0 Å². The number of allylic oxidation sites excluding steroid dienone is 2. The summed E-state index contributed by atoms with van der Waals surface area (Å²) in [5.41, 5.74) is 10.8. The lowest BCUT2D eigenvalue weighted by atomic mass is 9.98. The van der Waals surface area contributed by atoms with Gasteiger partial charge in [0.15, 0.2) is 0 Å². The van der Waals surface area contributed by atoms with Gasteiger partial charge < -0.3 is 4.90 Å². The van der Waals surface area contributed by atoms with Gasteiger partial charge in [0, 0.05) is 58.7 Å². The molecule has 53 heavy (non-hydrogen) atoms. The largest absolute Gasteiger partial charge is 0.310 e. The van der Waals surface area contributed by atoms with Gasteiger partial charge in [0.1, 0.15) is 0 Å². The first kappa shape index (κ1) is 31.9. The molecule has 0 spiro atoms. The van der Waals surface area contributed by atoms with Crippen LogP contribution in [-0.2, 0) is 6.42 Å². The van der Waals surface area contributed by atoms with E-state index in [1.807, 2.05) is 41.0 Å². The molecule has 0 unspecified atom stereocenters. The molecule has 1 aliphatic rings. The summed E-state index contributed by atoms with van der Waals surface area (Å²) in [7, 11) is 0. The van der Waals surface area contributed by atoms with Gasteiger partial charge in [0.2, 0.25) is 0 Å². The third-order valence-electron chi connectivity index (χ3n) is 10.7. The number of nitrogens with zero attached hydrogens (tertiary/aromatic N) is 2. The second kappa shape index (κ2) is 13.0. The van der Waals surface area contributed by atoms with Gasteiger partial charge >= 0.3 is 0 Å². The van der Waals surface area contributed by atoms with E-state index in [-0.39, 0.29) is 0 Å². The third-order valence-corrected chi connectivity index (χ3v) is 13.3. The summed E-state index contributed by atoms with van der Waals surface area (Å²) in [6.07, 6.45) is 13.1. The molecule has 10 rings (SSSR count). The van der Waals surface area contributed by atoms with Crippen LogP contribution in [0.25, 0.3) is 76.3 Å². The first-order valence-corrected chi connectivity index (χ1v) is 19.9. The maximum Gasteiger partial charge on any atom is 0.0701 e. The minimum Gasteiger partial charge on any atom is -0.310 e. The highest BCUT2D eigenvalue weighted by atomic mass is 32.1. The predicted molar refractivity (Wildman–Crippen MR) is 232 cm³/mol. The van der Waals surface area contributed by atoms with Crippen molar-refractivity contribution in [3.05, 3.63) is 167 Å². The zero-order valence-electron chi connectivity index (χ0n) is 29.6. The van der Waals surface area contributed by atoms with Crippen LogP contribution in [0.5, 0.6) is 0 Å². The van der Waals surface area contributed by atoms with Gasteiger partial charge in [-0.25, -0.2) is 0 Å². The van der Waals surface area contributed by atoms with E-state index in [9.17, 15) is 0 Å². The van der Waals surface area contributed by atoms with Gasteiger partial charge in [-0.15, -0.1) is 22.7 Å². The number of hydrogen-bond acceptors (Lipinski definition) is 4. The molecule has 0 fully saturated rings. The monoisotopic (exact) mass is 716 g/mol. The van der Waals surface area contributed by atoms with Crippen molar-refractivity contribution >= 4 is 93.6 Å². The van der Waals surface area contributed by atoms with Crippen LogP contribution < -0.4 is 4.90 Å². The lowest BCUT2D eigenvalue weighted by molar-refractivity contribution is 1.01. The fourth-order valence-corrected chi connectivity index (χ4v) is 10.6. The Labute approximate surface area is 317 Å². The van der Waals surface area contributed by atoms with Gasteiger partial charge in [-0.3, -0.25) is 4.98 Å². The number of thiophene rings is 2. The number of benzene rings is 6. The molecule has 6 aromatic carbocycles. The highest BCUT2D eigenvalue weighted by molar-refractivity contribution is 7.21. The van der Waals surface area contributed by atoms with Gasteiger partial charge in [-0.1, -0.05) is 91.0 Å². The maximum atomic E-state index is 4.53. The second-order valence-electron chi connectivity index (χ2n) is 13.8. The van der Waals surface area contributed by atoms with E-state index in [0.29, 0.717) is 0 Å². The Morgan fingerprint density at radius 3 is 1.92 bits per heavy atom. The lowest BCUT2D eigenvalue weighted by Gasteiger charge is -2.26. The lowest BCUT2D eigenvalue weighted by Crippen LogP contribution is -2.10. The van der Waals surface area contributed by atoms with Crippen LogP contribution in [0.4, 0.5) is 17.1 Å². The van der Waals surface area contributed by atoms with Crippen molar-refractivity contribution in [3.63, 3.8) is 0 Å². The number of fused-ring (bicyclic) bond motifs is 8. The molecule has 1 aliphatic carbocycles. The highest BCUT2D eigenvalue weighted by Crippen LogP contribution is 2.45. The predicted octanol–water partition coefficient (Wildman–Crippen LogP) is 14.9. The van der Waals surface area contributed by atoms with Crippen LogP contribution >= 0.6 is 22.7 Å². The standard InChI is InChI=1S/C49H36N2S2/c1-3-8-46-31(2)40-26-20-34-18-24-38(29-43(34)48(40)52-46)51(37-22-16-33(17-23-37)32-12-14-36(15-13-32)45-10-6-7-28-50-45)39-25-19-35-21-27-42-41-9-4-5-11-47(41)53-49(42)44(35)30-39/h3,5-8,10-30H,4,9H2,1-2H3/b8-3-. The summed E-state index contributed by atoms with van der Waals surface area (Å²) in [6, 6.07) is 47.0. The molecule has 254 valence electrons. The van der Waals surface area contributed by atoms with Gasteiger partial charge in [0.25, 0.3) is 0 Å². The SMILES string of the molecule is C/C=C\c1sc2c(ccc3ccc(N(c4ccc(-c5ccc(-c6ccccn6)cc5)cc4)c4ccc5ccc6c7c(sc6c5c4)C=CCC7)cc32)c1C. The van der Waals surface area contributed by atoms with Crippen molar-refractivity contribution in [2.75, 3.05) is 4.90 Å². The van der Waals surface area contributed by atoms with Crippen molar-refractivity contribution in [1.82, 2.24) is 4.98 Å². The number of rotatable bonds is 6. The Kier molecular flexibility index (Phi) is 7.82. The molecule has 0 bridgehead atoms. The minimum atomic E-state index is 0.986. The molecule has 0 atom stereocenters. The average molecular weight is 717 g/mol. The molecule has 0 radical (unpaired) electrons. The van der Waals surface area contributed by atoms with Crippen LogP contribution in [0.2, 0.25) is 0 Å². The molecule has 0 N–H and O–H groups in total. The molecule has 0 amide bonds. The quantitative estimate of drug-likeness (QED) is 0.170. The van der Waals surface area contributed by atoms with Gasteiger partial charge in [0.05, 0.1) is 5.69 Å². The average Bonchev–Trinajstić information content (AvgIpc) is 3.76. The molecule has 2 nitrogen and oxygen atoms in total. The van der Waals surface area contributed by atoms with E-state index < -0.39 is 0 Å². The van der Waals surface area contributed by atoms with E-state index in [4.69, 9.17) is 0 Å². The molecule has 9 aromatic rings. The Morgan fingerprint density at radius 1 is 0.623 bits per heavy atom. The first-order chi connectivity index (χ1) is 26.1. The Balaban J connectivity index is 1.12. The normalized spacial score (nSPS) is 12.8. The summed E-state index contributed by atoms with van der Waals surface area (Å²) in [5, 5.41) is 7.88. The number of hydrogen-bond donors (Lipinski definition) is 0. The van der Waals surface area contributed by atoms with E-state index in [2.05, 4.69) is 163 Å². The van der Waals surface area contributed by atoms with Crippen molar-refractivity contribution in [2.24, 2.45) is 0 Å². The second-order valence-corrected chi connectivity index (χ2v) is 16.0. The topological polar surface area (TPSA) is 16.1 Å². The van der Waals surface area contributed by atoms with E-state index in [1.165, 1.54) is 73.7 Å². The molecule has 4 heteroatoms. The number of aryl methyl sites for hydroxylation is 2. The van der Waals surface area contributed by atoms with Crippen molar-refractivity contribution in [2.45, 2.75) is 26.7 Å².